The summed E-state index contributed by atoms with van der Waals surface area (Å²) >= 11 is 12.1. The third kappa shape index (κ3) is 2.93. The fraction of sp³-hybridized carbons (Fsp3) is 0.385. The number of nitrogens with zero attached hydrogens (tertiary/aromatic N) is 4. The van der Waals surface area contributed by atoms with E-state index in [-0.39, 0.29) is 11.5 Å². The van der Waals surface area contributed by atoms with Crippen molar-refractivity contribution in [3.63, 3.8) is 0 Å². The molecule has 2 heterocycles. The third-order valence-electron chi connectivity index (χ3n) is 3.65. The highest BCUT2D eigenvalue weighted by atomic mass is 35.5. The second kappa shape index (κ2) is 5.72. The molecular weight excluding hydrogens is 347 g/mol. The van der Waals surface area contributed by atoms with E-state index in [0.29, 0.717) is 34.9 Å². The number of rotatable bonds is 2. The van der Waals surface area contributed by atoms with Gasteiger partial charge in [-0.25, -0.2) is 8.42 Å². The van der Waals surface area contributed by atoms with Crippen molar-refractivity contribution in [1.29, 1.82) is 0 Å². The van der Waals surface area contributed by atoms with E-state index in [1.165, 1.54) is 0 Å². The molecule has 1 saturated heterocycles. The first-order valence-electron chi connectivity index (χ1n) is 6.67. The Labute approximate surface area is 138 Å². The van der Waals surface area contributed by atoms with Crippen LogP contribution in [0.1, 0.15) is 0 Å². The Morgan fingerprint density at radius 3 is 2.45 bits per heavy atom. The van der Waals surface area contributed by atoms with Gasteiger partial charge in [-0.3, -0.25) is 4.57 Å². The summed E-state index contributed by atoms with van der Waals surface area (Å²) in [5.74, 6) is 1.52. The average Bonchev–Trinajstić information content (AvgIpc) is 2.81. The molecule has 0 unspecified atom stereocenters. The molecule has 1 aromatic carbocycles. The molecule has 3 rings (SSSR count). The smallest absolute Gasteiger partial charge is 0.227 e. The van der Waals surface area contributed by atoms with Crippen molar-refractivity contribution in [3.8, 4) is 11.4 Å². The lowest BCUT2D eigenvalue weighted by Gasteiger charge is -2.27. The van der Waals surface area contributed by atoms with Gasteiger partial charge in [-0.1, -0.05) is 23.2 Å². The summed E-state index contributed by atoms with van der Waals surface area (Å²) in [6, 6.07) is 5.18. The average molecular weight is 361 g/mol. The maximum atomic E-state index is 11.5. The first-order chi connectivity index (χ1) is 10.4. The van der Waals surface area contributed by atoms with E-state index in [2.05, 4.69) is 10.2 Å². The van der Waals surface area contributed by atoms with Crippen molar-refractivity contribution >= 4 is 39.0 Å². The molecule has 2 aromatic rings. The number of halogens is 2. The molecule has 0 aliphatic carbocycles. The molecule has 1 aromatic heterocycles. The molecule has 0 N–H and O–H groups in total. The Kier molecular flexibility index (Phi) is 4.05. The lowest BCUT2D eigenvalue weighted by atomic mass is 10.2. The minimum atomic E-state index is -2.93. The molecule has 9 heteroatoms. The van der Waals surface area contributed by atoms with Crippen LogP contribution in [0.15, 0.2) is 18.2 Å². The van der Waals surface area contributed by atoms with E-state index in [9.17, 15) is 8.42 Å². The van der Waals surface area contributed by atoms with Crippen LogP contribution < -0.4 is 4.90 Å². The van der Waals surface area contributed by atoms with Gasteiger partial charge >= 0.3 is 0 Å². The first kappa shape index (κ1) is 15.6. The van der Waals surface area contributed by atoms with Crippen LogP contribution in [0.4, 0.5) is 5.95 Å². The van der Waals surface area contributed by atoms with Gasteiger partial charge in [-0.15, -0.1) is 10.2 Å². The Morgan fingerprint density at radius 1 is 1.14 bits per heavy atom. The molecule has 0 radical (unpaired) electrons. The zero-order chi connectivity index (χ0) is 15.9. The van der Waals surface area contributed by atoms with Crippen LogP contribution in [-0.2, 0) is 16.9 Å². The maximum absolute atomic E-state index is 11.5. The SMILES string of the molecule is Cn1c(-c2ccc(Cl)cc2Cl)nnc1N1CCS(=O)(=O)CC1. The van der Waals surface area contributed by atoms with Gasteiger partial charge < -0.3 is 4.90 Å². The van der Waals surface area contributed by atoms with Crippen LogP contribution in [-0.4, -0.2) is 47.8 Å². The fourth-order valence-corrected chi connectivity index (χ4v) is 4.11. The van der Waals surface area contributed by atoms with E-state index in [0.717, 1.165) is 5.56 Å². The molecule has 0 spiro atoms. The topological polar surface area (TPSA) is 68.1 Å². The van der Waals surface area contributed by atoms with Crippen molar-refractivity contribution < 1.29 is 8.42 Å². The standard InChI is InChI=1S/C13H14Cl2N4O2S/c1-18-12(10-3-2-9(14)8-11(10)15)16-17-13(18)19-4-6-22(20,21)7-5-19/h2-3,8H,4-7H2,1H3. The van der Waals surface area contributed by atoms with Gasteiger partial charge in [0.2, 0.25) is 5.95 Å². The molecule has 118 valence electrons. The van der Waals surface area contributed by atoms with Crippen molar-refractivity contribution in [3.05, 3.63) is 28.2 Å². The maximum Gasteiger partial charge on any atom is 0.227 e. The van der Waals surface area contributed by atoms with E-state index in [1.54, 1.807) is 18.2 Å². The second-order valence-corrected chi connectivity index (χ2v) is 8.29. The summed E-state index contributed by atoms with van der Waals surface area (Å²) in [5.41, 5.74) is 0.733. The summed E-state index contributed by atoms with van der Waals surface area (Å²) in [6.45, 7) is 0.839. The number of hydrogen-bond acceptors (Lipinski definition) is 5. The van der Waals surface area contributed by atoms with Gasteiger partial charge in [0.15, 0.2) is 15.7 Å². The molecule has 6 nitrogen and oxygen atoms in total. The monoisotopic (exact) mass is 360 g/mol. The summed E-state index contributed by atoms with van der Waals surface area (Å²) in [7, 11) is -1.10. The molecule has 1 aliphatic heterocycles. The minimum Gasteiger partial charge on any atom is -0.339 e. The van der Waals surface area contributed by atoms with E-state index in [4.69, 9.17) is 23.2 Å². The number of hydrogen-bond donors (Lipinski definition) is 0. The lowest BCUT2D eigenvalue weighted by Crippen LogP contribution is -2.41. The van der Waals surface area contributed by atoms with Crippen LogP contribution in [0.3, 0.4) is 0 Å². The number of anilines is 1. The van der Waals surface area contributed by atoms with Gasteiger partial charge in [0.1, 0.15) is 0 Å². The number of aromatic nitrogens is 3. The Bertz CT molecular complexity index is 805. The summed E-state index contributed by atoms with van der Waals surface area (Å²) < 4.78 is 24.8. The van der Waals surface area contributed by atoms with Gasteiger partial charge in [0, 0.05) is 30.7 Å². The highest BCUT2D eigenvalue weighted by molar-refractivity contribution is 7.91. The van der Waals surface area contributed by atoms with Crippen LogP contribution in [0.2, 0.25) is 10.0 Å². The molecule has 0 bridgehead atoms. The Hall–Kier alpha value is -1.31. The van der Waals surface area contributed by atoms with Crippen LogP contribution in [0.25, 0.3) is 11.4 Å². The molecular formula is C13H14Cl2N4O2S. The number of benzene rings is 1. The minimum absolute atomic E-state index is 0.136. The Morgan fingerprint density at radius 2 is 1.82 bits per heavy atom. The number of sulfone groups is 1. The van der Waals surface area contributed by atoms with Crippen molar-refractivity contribution in [2.24, 2.45) is 7.05 Å². The zero-order valence-corrected chi connectivity index (χ0v) is 14.2. The van der Waals surface area contributed by atoms with Crippen molar-refractivity contribution in [2.45, 2.75) is 0 Å². The fourth-order valence-electron chi connectivity index (χ4n) is 2.41. The highest BCUT2D eigenvalue weighted by Gasteiger charge is 2.25. The second-order valence-electron chi connectivity index (χ2n) is 5.15. The van der Waals surface area contributed by atoms with Gasteiger partial charge in [-0.05, 0) is 18.2 Å². The van der Waals surface area contributed by atoms with Gasteiger partial charge in [-0.2, -0.15) is 0 Å². The van der Waals surface area contributed by atoms with Crippen LogP contribution >= 0.6 is 23.2 Å². The first-order valence-corrected chi connectivity index (χ1v) is 9.25. The molecule has 1 fully saturated rings. The normalized spacial score (nSPS) is 17.7. The van der Waals surface area contributed by atoms with E-state index >= 15 is 0 Å². The van der Waals surface area contributed by atoms with Crippen molar-refractivity contribution in [2.75, 3.05) is 29.5 Å². The molecule has 0 atom stereocenters. The van der Waals surface area contributed by atoms with Crippen molar-refractivity contribution in [1.82, 2.24) is 14.8 Å². The largest absolute Gasteiger partial charge is 0.339 e. The third-order valence-corrected chi connectivity index (χ3v) is 5.81. The van der Waals surface area contributed by atoms with Gasteiger partial charge in [0.25, 0.3) is 0 Å². The van der Waals surface area contributed by atoms with E-state index in [1.807, 2.05) is 16.5 Å². The predicted molar refractivity (Wildman–Crippen MR) is 87.3 cm³/mol. The lowest BCUT2D eigenvalue weighted by molar-refractivity contribution is 0.584. The summed E-state index contributed by atoms with van der Waals surface area (Å²) in [6.07, 6.45) is 0. The Balaban J connectivity index is 1.92. The molecule has 0 saturated carbocycles. The van der Waals surface area contributed by atoms with Crippen LogP contribution in [0.5, 0.6) is 0 Å². The molecule has 0 amide bonds. The van der Waals surface area contributed by atoms with E-state index < -0.39 is 9.84 Å². The van der Waals surface area contributed by atoms with Gasteiger partial charge in [0.05, 0.1) is 16.5 Å². The molecule has 22 heavy (non-hydrogen) atoms. The highest BCUT2D eigenvalue weighted by Crippen LogP contribution is 2.30. The molecule has 1 aliphatic rings. The van der Waals surface area contributed by atoms with Crippen LogP contribution in [0, 0.1) is 0 Å². The predicted octanol–water partition coefficient (Wildman–Crippen LogP) is 2.02. The quantitative estimate of drug-likeness (QED) is 0.819. The summed E-state index contributed by atoms with van der Waals surface area (Å²) in [4.78, 5) is 1.92. The summed E-state index contributed by atoms with van der Waals surface area (Å²) in [5, 5.41) is 9.41. The zero-order valence-electron chi connectivity index (χ0n) is 11.8.